The number of hydrogen-bond acceptors (Lipinski definition) is 6. The summed E-state index contributed by atoms with van der Waals surface area (Å²) in [4.78, 5) is 36.4. The van der Waals surface area contributed by atoms with Crippen LogP contribution in [0.3, 0.4) is 0 Å². The number of nitro benzene ring substituents is 1. The number of nitro groups is 1. The highest BCUT2D eigenvalue weighted by Crippen LogP contribution is 2.34. The lowest BCUT2D eigenvalue weighted by Crippen LogP contribution is -2.36. The van der Waals surface area contributed by atoms with Crippen molar-refractivity contribution in [2.75, 3.05) is 6.61 Å². The molecule has 0 bridgehead atoms. The zero-order valence-corrected chi connectivity index (χ0v) is 18.0. The predicted octanol–water partition coefficient (Wildman–Crippen LogP) is 3.47. The van der Waals surface area contributed by atoms with Gasteiger partial charge in [0.05, 0.1) is 17.6 Å². The third kappa shape index (κ3) is 4.06. The van der Waals surface area contributed by atoms with Crippen molar-refractivity contribution in [3.05, 3.63) is 90.3 Å². The van der Waals surface area contributed by atoms with E-state index >= 15 is 0 Å². The van der Waals surface area contributed by atoms with Crippen molar-refractivity contribution in [1.29, 1.82) is 0 Å². The average Bonchev–Trinajstić information content (AvgIpc) is 2.74. The van der Waals surface area contributed by atoms with Gasteiger partial charge >= 0.3 is 0 Å². The van der Waals surface area contributed by atoms with Crippen LogP contribution >= 0.6 is 15.9 Å². The van der Waals surface area contributed by atoms with E-state index in [1.807, 2.05) is 18.2 Å². The van der Waals surface area contributed by atoms with E-state index in [9.17, 15) is 19.7 Å². The molecule has 0 aliphatic carbocycles. The topological polar surface area (TPSA) is 116 Å². The first-order valence-corrected chi connectivity index (χ1v) is 10.2. The van der Waals surface area contributed by atoms with Gasteiger partial charge in [-0.15, -0.1) is 0 Å². The molecule has 1 N–H and O–H groups in total. The third-order valence-corrected chi connectivity index (χ3v) is 5.44. The Morgan fingerprint density at radius 2 is 2.06 bits per heavy atom. The van der Waals surface area contributed by atoms with Gasteiger partial charge < -0.3 is 10.1 Å². The molecule has 0 saturated carbocycles. The minimum atomic E-state index is -0.657. The molecule has 2 aromatic carbocycles. The molecule has 31 heavy (non-hydrogen) atoms. The van der Waals surface area contributed by atoms with E-state index in [-0.39, 0.29) is 23.1 Å². The number of rotatable bonds is 4. The fourth-order valence-corrected chi connectivity index (χ4v) is 3.87. The summed E-state index contributed by atoms with van der Waals surface area (Å²) in [5.74, 6) is 0.00379. The van der Waals surface area contributed by atoms with E-state index in [4.69, 9.17) is 4.74 Å². The number of carbonyl (C=O) groups excluding carboxylic acids is 1. The van der Waals surface area contributed by atoms with E-state index in [0.29, 0.717) is 24.5 Å². The van der Waals surface area contributed by atoms with Crippen molar-refractivity contribution in [3.63, 3.8) is 0 Å². The minimum Gasteiger partial charge on any atom is -0.493 e. The fraction of sp³-hybridized carbons (Fsp3) is 0.190. The smallest absolute Gasteiger partial charge is 0.294 e. The second-order valence-electron chi connectivity index (χ2n) is 7.00. The lowest BCUT2D eigenvalue weighted by molar-refractivity contribution is -0.384. The van der Waals surface area contributed by atoms with Crippen LogP contribution in [0.2, 0.25) is 0 Å². The van der Waals surface area contributed by atoms with Gasteiger partial charge in [0.1, 0.15) is 11.4 Å². The number of aromatic nitrogens is 2. The summed E-state index contributed by atoms with van der Waals surface area (Å²) in [7, 11) is 0. The number of halogens is 1. The normalized spacial score (nSPS) is 15.0. The van der Waals surface area contributed by atoms with Crippen molar-refractivity contribution in [2.45, 2.75) is 19.4 Å². The van der Waals surface area contributed by atoms with Crippen LogP contribution in [0.25, 0.3) is 5.69 Å². The van der Waals surface area contributed by atoms with Gasteiger partial charge in [-0.3, -0.25) is 19.7 Å². The summed E-state index contributed by atoms with van der Waals surface area (Å²) < 4.78 is 7.71. The zero-order valence-electron chi connectivity index (χ0n) is 16.4. The van der Waals surface area contributed by atoms with Gasteiger partial charge in [0.15, 0.2) is 5.69 Å². The van der Waals surface area contributed by atoms with E-state index in [1.165, 1.54) is 28.9 Å². The lowest BCUT2D eigenvalue weighted by Gasteiger charge is -2.26. The Balaban J connectivity index is 1.71. The molecule has 9 nitrogen and oxygen atoms in total. The summed E-state index contributed by atoms with van der Waals surface area (Å²) in [6.07, 6.45) is 0.527. The largest absolute Gasteiger partial charge is 0.493 e. The molecule has 0 spiro atoms. The SMILES string of the molecule is Cc1cc(=O)c(C(=O)NC2CCOc3ccc(Br)cc32)nn1-c1ccccc1[N+](=O)[O-]. The van der Waals surface area contributed by atoms with E-state index < -0.39 is 16.3 Å². The number of nitrogens with zero attached hydrogens (tertiary/aromatic N) is 3. The van der Waals surface area contributed by atoms with E-state index in [0.717, 1.165) is 10.0 Å². The van der Waals surface area contributed by atoms with Gasteiger partial charge in [-0.25, -0.2) is 4.68 Å². The fourth-order valence-electron chi connectivity index (χ4n) is 3.49. The first-order chi connectivity index (χ1) is 14.8. The molecule has 1 aromatic heterocycles. The quantitative estimate of drug-likeness (QED) is 0.447. The van der Waals surface area contributed by atoms with Crippen molar-refractivity contribution in [3.8, 4) is 11.4 Å². The van der Waals surface area contributed by atoms with Crippen LogP contribution in [0.1, 0.15) is 34.2 Å². The summed E-state index contributed by atoms with van der Waals surface area (Å²) >= 11 is 3.41. The highest BCUT2D eigenvalue weighted by molar-refractivity contribution is 9.10. The summed E-state index contributed by atoms with van der Waals surface area (Å²) in [6, 6.07) is 12.4. The van der Waals surface area contributed by atoms with Gasteiger partial charge in [0, 0.05) is 34.3 Å². The Kier molecular flexibility index (Phi) is 5.55. The summed E-state index contributed by atoms with van der Waals surface area (Å²) in [5.41, 5.74) is 0.241. The predicted molar refractivity (Wildman–Crippen MR) is 116 cm³/mol. The first kappa shape index (κ1) is 20.7. The molecule has 10 heteroatoms. The van der Waals surface area contributed by atoms with Gasteiger partial charge in [-0.1, -0.05) is 28.1 Å². The maximum atomic E-state index is 13.0. The van der Waals surface area contributed by atoms with Crippen molar-refractivity contribution in [1.82, 2.24) is 15.1 Å². The minimum absolute atomic E-state index is 0.166. The maximum Gasteiger partial charge on any atom is 0.294 e. The molecule has 1 unspecified atom stereocenters. The average molecular weight is 485 g/mol. The van der Waals surface area contributed by atoms with Gasteiger partial charge in [0.25, 0.3) is 11.6 Å². The van der Waals surface area contributed by atoms with Crippen LogP contribution in [0.5, 0.6) is 5.75 Å². The number of amides is 1. The van der Waals surface area contributed by atoms with Crippen LogP contribution in [-0.2, 0) is 0 Å². The number of hydrogen-bond donors (Lipinski definition) is 1. The Bertz CT molecular complexity index is 1260. The van der Waals surface area contributed by atoms with Crippen molar-refractivity contribution in [2.24, 2.45) is 0 Å². The Labute approximate surface area is 184 Å². The van der Waals surface area contributed by atoms with Crippen LogP contribution in [0.15, 0.2) is 57.8 Å². The maximum absolute atomic E-state index is 13.0. The second-order valence-corrected chi connectivity index (χ2v) is 7.92. The number of para-hydroxylation sites is 2. The number of aryl methyl sites for hydroxylation is 1. The standard InChI is InChI=1S/C21H17BrN4O5/c1-12-10-18(27)20(24-25(12)16-4-2-3-5-17(16)26(29)30)21(28)23-15-8-9-31-19-7-6-13(22)11-14(15)19/h2-7,10-11,15H,8-9H2,1H3,(H,23,28). The molecule has 4 rings (SSSR count). The Morgan fingerprint density at radius 3 is 2.84 bits per heavy atom. The molecule has 0 radical (unpaired) electrons. The highest BCUT2D eigenvalue weighted by atomic mass is 79.9. The number of ether oxygens (including phenoxy) is 1. The summed E-state index contributed by atoms with van der Waals surface area (Å²) in [5, 5.41) is 18.4. The number of nitrogens with one attached hydrogen (secondary N) is 1. The Morgan fingerprint density at radius 1 is 1.29 bits per heavy atom. The highest BCUT2D eigenvalue weighted by Gasteiger charge is 2.26. The van der Waals surface area contributed by atoms with E-state index in [2.05, 4.69) is 26.3 Å². The molecule has 0 fully saturated rings. The van der Waals surface area contributed by atoms with Gasteiger partial charge in [-0.2, -0.15) is 5.10 Å². The van der Waals surface area contributed by atoms with Gasteiger partial charge in [0.2, 0.25) is 5.43 Å². The van der Waals surface area contributed by atoms with Crippen molar-refractivity contribution >= 4 is 27.5 Å². The van der Waals surface area contributed by atoms with Crippen LogP contribution in [-0.4, -0.2) is 27.2 Å². The lowest BCUT2D eigenvalue weighted by atomic mass is 10.0. The first-order valence-electron chi connectivity index (χ1n) is 9.43. The number of fused-ring (bicyclic) bond motifs is 1. The van der Waals surface area contributed by atoms with Crippen LogP contribution < -0.4 is 15.5 Å². The second kappa shape index (κ2) is 8.31. The molecule has 0 saturated heterocycles. The molecule has 2 heterocycles. The molecule has 1 amide bonds. The molecular weight excluding hydrogens is 468 g/mol. The zero-order chi connectivity index (χ0) is 22.1. The molecule has 1 aliphatic rings. The van der Waals surface area contributed by atoms with E-state index in [1.54, 1.807) is 13.0 Å². The molecule has 1 aliphatic heterocycles. The number of carbonyl (C=O) groups is 1. The monoisotopic (exact) mass is 484 g/mol. The van der Waals surface area contributed by atoms with Crippen LogP contribution in [0.4, 0.5) is 5.69 Å². The molecule has 3 aromatic rings. The Hall–Kier alpha value is -3.53. The molecular formula is C21H17BrN4O5. The summed E-state index contributed by atoms with van der Waals surface area (Å²) in [6.45, 7) is 2.01. The van der Waals surface area contributed by atoms with Crippen LogP contribution in [0, 0.1) is 17.0 Å². The van der Waals surface area contributed by atoms with Crippen molar-refractivity contribution < 1.29 is 14.5 Å². The third-order valence-electron chi connectivity index (χ3n) is 4.95. The van der Waals surface area contributed by atoms with Gasteiger partial charge in [-0.05, 0) is 31.2 Å². The molecule has 1 atom stereocenters. The molecule has 158 valence electrons. The number of benzene rings is 2.